The van der Waals surface area contributed by atoms with Gasteiger partial charge in [0.25, 0.3) is 0 Å². The third kappa shape index (κ3) is 7.93. The highest BCUT2D eigenvalue weighted by molar-refractivity contribution is 6.50. The van der Waals surface area contributed by atoms with E-state index >= 15 is 0 Å². The molecule has 0 unspecified atom stereocenters. The number of halogens is 4. The van der Waals surface area contributed by atoms with E-state index in [0.29, 0.717) is 0 Å². The molecule has 0 saturated carbocycles. The quantitative estimate of drug-likeness (QED) is 0.419. The van der Waals surface area contributed by atoms with Gasteiger partial charge in [-0.2, -0.15) is 4.65 Å². The van der Waals surface area contributed by atoms with Gasteiger partial charge in [-0.1, -0.05) is 13.8 Å². The fourth-order valence-electron chi connectivity index (χ4n) is 1.95. The minimum absolute atomic E-state index is 0.938. The fourth-order valence-corrected chi connectivity index (χ4v) is 1.95. The van der Waals surface area contributed by atoms with Gasteiger partial charge < -0.3 is 17.3 Å². The third-order valence-electron chi connectivity index (χ3n) is 2.34. The Kier molecular flexibility index (Phi) is 6.98. The lowest BCUT2D eigenvalue weighted by Gasteiger charge is -2.29. The Morgan fingerprint density at radius 1 is 1.06 bits per heavy atom. The van der Waals surface area contributed by atoms with Crippen LogP contribution in [0.25, 0.3) is 0 Å². The van der Waals surface area contributed by atoms with Gasteiger partial charge in [0.15, 0.2) is 0 Å². The second kappa shape index (κ2) is 7.11. The standard InChI is InChI=1S/C9H20NO.BF4/c1-3-6-10(7-4-2)8-5-9-11-10;2-1(3,4)5/h3-9H2,1-2H3;/q+1;-1. The highest BCUT2D eigenvalue weighted by Gasteiger charge is 2.32. The summed E-state index contributed by atoms with van der Waals surface area (Å²) in [6.07, 6.45) is 3.72. The van der Waals surface area contributed by atoms with Crippen LogP contribution in [0.2, 0.25) is 0 Å². The van der Waals surface area contributed by atoms with Gasteiger partial charge in [-0.25, -0.2) is 4.84 Å². The average molecular weight is 245 g/mol. The molecule has 1 saturated heterocycles. The number of rotatable bonds is 4. The van der Waals surface area contributed by atoms with Crippen LogP contribution in [0.15, 0.2) is 0 Å². The summed E-state index contributed by atoms with van der Waals surface area (Å²) in [7, 11) is -6.00. The average Bonchev–Trinajstić information content (AvgIpc) is 2.51. The van der Waals surface area contributed by atoms with Crippen molar-refractivity contribution in [3.8, 4) is 0 Å². The Hall–Kier alpha value is -0.295. The predicted molar refractivity (Wildman–Crippen MR) is 56.2 cm³/mol. The lowest BCUT2D eigenvalue weighted by Crippen LogP contribution is -2.45. The highest BCUT2D eigenvalue weighted by atomic mass is 19.5. The van der Waals surface area contributed by atoms with Crippen molar-refractivity contribution in [1.82, 2.24) is 0 Å². The Labute approximate surface area is 94.2 Å². The largest absolute Gasteiger partial charge is 0.673 e. The fraction of sp³-hybridized carbons (Fsp3) is 1.00. The minimum Gasteiger partial charge on any atom is -0.418 e. The molecule has 1 heterocycles. The van der Waals surface area contributed by atoms with E-state index in [1.807, 2.05) is 0 Å². The van der Waals surface area contributed by atoms with E-state index in [-0.39, 0.29) is 0 Å². The molecule has 1 rings (SSSR count). The summed E-state index contributed by atoms with van der Waals surface area (Å²) >= 11 is 0. The molecule has 7 heteroatoms. The highest BCUT2D eigenvalue weighted by Crippen LogP contribution is 2.18. The van der Waals surface area contributed by atoms with E-state index in [2.05, 4.69) is 13.8 Å². The molecule has 0 radical (unpaired) electrons. The molecule has 1 fully saturated rings. The van der Waals surface area contributed by atoms with Crippen molar-refractivity contribution in [2.75, 3.05) is 26.2 Å². The molecule has 0 aromatic heterocycles. The molecule has 0 bridgehead atoms. The van der Waals surface area contributed by atoms with Gasteiger partial charge in [-0.15, -0.1) is 0 Å². The first kappa shape index (κ1) is 15.7. The topological polar surface area (TPSA) is 9.23 Å². The van der Waals surface area contributed by atoms with Crippen molar-refractivity contribution in [2.24, 2.45) is 0 Å². The Balaban J connectivity index is 0.000000385. The lowest BCUT2D eigenvalue weighted by molar-refractivity contribution is -1.09. The molecule has 0 aliphatic carbocycles. The van der Waals surface area contributed by atoms with Gasteiger partial charge in [0.1, 0.15) is 26.2 Å². The summed E-state index contributed by atoms with van der Waals surface area (Å²) in [4.78, 5) is 5.76. The van der Waals surface area contributed by atoms with Crippen LogP contribution in [0.1, 0.15) is 33.1 Å². The van der Waals surface area contributed by atoms with Crippen molar-refractivity contribution in [3.63, 3.8) is 0 Å². The predicted octanol–water partition coefficient (Wildman–Crippen LogP) is 3.26. The summed E-state index contributed by atoms with van der Waals surface area (Å²) in [6.45, 7) is 9.08. The molecule has 0 aromatic rings. The van der Waals surface area contributed by atoms with E-state index in [1.54, 1.807) is 0 Å². The van der Waals surface area contributed by atoms with E-state index in [4.69, 9.17) is 4.84 Å². The lowest BCUT2D eigenvalue weighted by atomic mass is 10.3. The molecule has 0 spiro atoms. The van der Waals surface area contributed by atoms with Crippen LogP contribution in [0.4, 0.5) is 17.3 Å². The van der Waals surface area contributed by atoms with Gasteiger partial charge in [0.05, 0.1) is 0 Å². The molecule has 0 amide bonds. The first-order valence-electron chi connectivity index (χ1n) is 5.71. The maximum absolute atomic E-state index is 9.75. The Morgan fingerprint density at radius 2 is 1.50 bits per heavy atom. The summed E-state index contributed by atoms with van der Waals surface area (Å²) in [5, 5.41) is 0. The molecule has 16 heavy (non-hydrogen) atoms. The monoisotopic (exact) mass is 245 g/mol. The van der Waals surface area contributed by atoms with E-state index in [0.717, 1.165) is 11.3 Å². The van der Waals surface area contributed by atoms with E-state index in [9.17, 15) is 17.3 Å². The number of hydrogen-bond acceptors (Lipinski definition) is 1. The molecule has 1 aliphatic heterocycles. The van der Waals surface area contributed by atoms with Gasteiger partial charge in [0, 0.05) is 6.42 Å². The number of hydroxylamine groups is 3. The molecule has 98 valence electrons. The summed E-state index contributed by atoms with van der Waals surface area (Å²) < 4.78 is 39.9. The third-order valence-corrected chi connectivity index (χ3v) is 2.34. The Morgan fingerprint density at radius 3 is 1.75 bits per heavy atom. The van der Waals surface area contributed by atoms with E-state index in [1.165, 1.54) is 38.9 Å². The number of quaternary nitrogens is 1. The summed E-state index contributed by atoms with van der Waals surface area (Å²) in [5.74, 6) is 0. The van der Waals surface area contributed by atoms with Crippen LogP contribution in [0.3, 0.4) is 0 Å². The second-order valence-corrected chi connectivity index (χ2v) is 3.91. The Bertz CT molecular complexity index is 169. The van der Waals surface area contributed by atoms with Gasteiger partial charge in [-0.05, 0) is 12.8 Å². The van der Waals surface area contributed by atoms with Crippen LogP contribution < -0.4 is 0 Å². The van der Waals surface area contributed by atoms with Crippen LogP contribution >= 0.6 is 0 Å². The van der Waals surface area contributed by atoms with Crippen LogP contribution in [-0.2, 0) is 4.84 Å². The molecule has 0 N–H and O–H groups in total. The molecular formula is C9H20BF4NO. The van der Waals surface area contributed by atoms with Crippen LogP contribution in [-0.4, -0.2) is 38.1 Å². The van der Waals surface area contributed by atoms with E-state index < -0.39 is 7.25 Å². The van der Waals surface area contributed by atoms with Gasteiger partial charge in [0.2, 0.25) is 0 Å². The van der Waals surface area contributed by atoms with Crippen molar-refractivity contribution < 1.29 is 26.7 Å². The van der Waals surface area contributed by atoms with Crippen LogP contribution in [0.5, 0.6) is 0 Å². The molecule has 1 aliphatic rings. The molecule has 0 aromatic carbocycles. The number of nitrogens with zero attached hydrogens (tertiary/aromatic N) is 1. The van der Waals surface area contributed by atoms with Crippen molar-refractivity contribution in [3.05, 3.63) is 0 Å². The zero-order valence-corrected chi connectivity index (χ0v) is 9.89. The minimum atomic E-state index is -6.00. The van der Waals surface area contributed by atoms with Crippen molar-refractivity contribution in [2.45, 2.75) is 33.1 Å². The first-order chi connectivity index (χ1) is 7.33. The number of hydrogen-bond donors (Lipinski definition) is 0. The van der Waals surface area contributed by atoms with Crippen molar-refractivity contribution in [1.29, 1.82) is 0 Å². The smallest absolute Gasteiger partial charge is 0.418 e. The summed E-state index contributed by atoms with van der Waals surface area (Å²) in [6, 6.07) is 0. The van der Waals surface area contributed by atoms with Crippen molar-refractivity contribution >= 4 is 7.25 Å². The van der Waals surface area contributed by atoms with Gasteiger partial charge in [-0.3, -0.25) is 0 Å². The zero-order chi connectivity index (χ0) is 12.7. The summed E-state index contributed by atoms with van der Waals surface area (Å²) in [5.41, 5.74) is 0. The van der Waals surface area contributed by atoms with Crippen LogP contribution in [0, 0.1) is 0 Å². The first-order valence-corrected chi connectivity index (χ1v) is 5.71. The maximum atomic E-state index is 9.75. The van der Waals surface area contributed by atoms with Gasteiger partial charge >= 0.3 is 7.25 Å². The second-order valence-electron chi connectivity index (χ2n) is 3.91. The molecular weight excluding hydrogens is 225 g/mol. The maximum Gasteiger partial charge on any atom is 0.673 e. The molecule has 2 nitrogen and oxygen atoms in total. The SMILES string of the molecule is CCC[N+]1(CCC)CCCO1.F[B-](F)(F)F. The zero-order valence-electron chi connectivity index (χ0n) is 9.89. The normalized spacial score (nSPS) is 19.1. The molecule has 0 atom stereocenters.